The van der Waals surface area contributed by atoms with Crippen molar-refractivity contribution in [3.05, 3.63) is 151 Å². The maximum Gasteiger partial charge on any atom is 0.139 e. The molecule has 4 heteroatoms. The Balaban J connectivity index is 1.22. The lowest BCUT2D eigenvalue weighted by Crippen LogP contribution is -1.99. The zero-order chi connectivity index (χ0) is 31.1. The van der Waals surface area contributed by atoms with Gasteiger partial charge in [0, 0.05) is 43.9 Å². The topological polar surface area (TPSA) is 55.0 Å². The van der Waals surface area contributed by atoms with E-state index in [4.69, 9.17) is 8.83 Å². The molecule has 4 nitrogen and oxygen atoms in total. The number of rotatable bonds is 3. The van der Waals surface area contributed by atoms with Crippen LogP contribution in [0.25, 0.3) is 93.6 Å². The van der Waals surface area contributed by atoms with Crippen LogP contribution >= 0.6 is 0 Å². The van der Waals surface area contributed by atoms with Crippen LogP contribution in [-0.2, 0) is 0 Å². The molecule has 3 aromatic heterocycles. The average molecular weight is 601 g/mol. The Morgan fingerprint density at radius 3 is 1.66 bits per heavy atom. The predicted octanol–water partition coefficient (Wildman–Crippen LogP) is 11.8. The fourth-order valence-electron chi connectivity index (χ4n) is 7.32. The highest BCUT2D eigenvalue weighted by Crippen LogP contribution is 2.42. The quantitative estimate of drug-likeness (QED) is 0.203. The standard InChI is InChI=1S/C43H24N2O2/c44-25-29-11-8-16-38(45-36-14-6-4-12-30(36)31-13-5-7-15-37(31)45)43(29)28-18-20-40-33(22-28)35-23-34-32-21-27(26-9-2-1-3-10-26)17-19-39(32)46-41(34)24-42(35)47-40/h1-24H. The summed E-state index contributed by atoms with van der Waals surface area (Å²) in [5.74, 6) is 0. The molecule has 0 radical (unpaired) electrons. The molecule has 0 fully saturated rings. The number of para-hydroxylation sites is 2. The van der Waals surface area contributed by atoms with Crippen molar-refractivity contribution < 1.29 is 8.83 Å². The lowest BCUT2D eigenvalue weighted by Gasteiger charge is -2.15. The molecule has 0 aliphatic carbocycles. The first-order valence-corrected chi connectivity index (χ1v) is 15.7. The lowest BCUT2D eigenvalue weighted by atomic mass is 9.96. The van der Waals surface area contributed by atoms with E-state index in [1.165, 1.54) is 16.3 Å². The molecule has 0 unspecified atom stereocenters. The first kappa shape index (κ1) is 25.7. The fourth-order valence-corrected chi connectivity index (χ4v) is 7.32. The minimum Gasteiger partial charge on any atom is -0.456 e. The highest BCUT2D eigenvalue weighted by molar-refractivity contribution is 6.16. The van der Waals surface area contributed by atoms with Gasteiger partial charge in [-0.15, -0.1) is 0 Å². The summed E-state index contributed by atoms with van der Waals surface area (Å²) in [7, 11) is 0. The van der Waals surface area contributed by atoms with Crippen molar-refractivity contribution in [2.75, 3.05) is 0 Å². The summed E-state index contributed by atoms with van der Waals surface area (Å²) >= 11 is 0. The molecule has 0 aliphatic rings. The summed E-state index contributed by atoms with van der Waals surface area (Å²) < 4.78 is 15.0. The predicted molar refractivity (Wildman–Crippen MR) is 191 cm³/mol. The van der Waals surface area contributed by atoms with E-state index in [0.717, 1.165) is 77.3 Å². The van der Waals surface area contributed by atoms with E-state index in [-0.39, 0.29) is 0 Å². The van der Waals surface area contributed by atoms with Gasteiger partial charge in [0.05, 0.1) is 28.4 Å². The minimum atomic E-state index is 0.619. The molecular formula is C43H24N2O2. The van der Waals surface area contributed by atoms with Crippen LogP contribution in [0.1, 0.15) is 5.56 Å². The van der Waals surface area contributed by atoms with E-state index >= 15 is 0 Å². The summed E-state index contributed by atoms with van der Waals surface area (Å²) in [5, 5.41) is 16.9. The van der Waals surface area contributed by atoms with Gasteiger partial charge >= 0.3 is 0 Å². The Morgan fingerprint density at radius 1 is 0.426 bits per heavy atom. The summed E-state index contributed by atoms with van der Waals surface area (Å²) in [6, 6.07) is 52.5. The molecule has 10 aromatic rings. The van der Waals surface area contributed by atoms with Crippen LogP contribution in [0.4, 0.5) is 0 Å². The van der Waals surface area contributed by atoms with Crippen LogP contribution in [-0.4, -0.2) is 4.57 Å². The normalized spacial score (nSPS) is 11.8. The van der Waals surface area contributed by atoms with Crippen LogP contribution in [0.15, 0.2) is 154 Å². The van der Waals surface area contributed by atoms with Gasteiger partial charge in [0.2, 0.25) is 0 Å². The maximum absolute atomic E-state index is 10.4. The Kier molecular flexibility index (Phi) is 5.32. The molecule has 0 saturated carbocycles. The molecule has 0 amide bonds. The van der Waals surface area contributed by atoms with Crippen LogP contribution in [0.5, 0.6) is 0 Å². The van der Waals surface area contributed by atoms with Crippen LogP contribution in [0.3, 0.4) is 0 Å². The Morgan fingerprint density at radius 2 is 1.00 bits per heavy atom. The monoisotopic (exact) mass is 600 g/mol. The van der Waals surface area contributed by atoms with Crippen LogP contribution < -0.4 is 0 Å². The highest BCUT2D eigenvalue weighted by Gasteiger charge is 2.20. The van der Waals surface area contributed by atoms with Gasteiger partial charge in [-0.2, -0.15) is 5.26 Å². The number of hydrogen-bond donors (Lipinski definition) is 0. The largest absolute Gasteiger partial charge is 0.456 e. The van der Waals surface area contributed by atoms with Crippen LogP contribution in [0, 0.1) is 11.3 Å². The number of benzene rings is 7. The number of furan rings is 2. The van der Waals surface area contributed by atoms with E-state index in [9.17, 15) is 5.26 Å². The number of nitriles is 1. The van der Waals surface area contributed by atoms with Gasteiger partial charge in [0.15, 0.2) is 0 Å². The van der Waals surface area contributed by atoms with Gasteiger partial charge in [-0.1, -0.05) is 84.9 Å². The molecule has 0 aliphatic heterocycles. The number of hydrogen-bond acceptors (Lipinski definition) is 3. The van der Waals surface area contributed by atoms with Crippen molar-refractivity contribution in [2.45, 2.75) is 0 Å². The molecule has 0 saturated heterocycles. The van der Waals surface area contributed by atoms with E-state index in [0.29, 0.717) is 5.56 Å². The van der Waals surface area contributed by atoms with Crippen molar-refractivity contribution in [3.63, 3.8) is 0 Å². The molecule has 0 spiro atoms. The van der Waals surface area contributed by atoms with Gasteiger partial charge in [-0.25, -0.2) is 0 Å². The summed E-state index contributed by atoms with van der Waals surface area (Å²) in [6.45, 7) is 0. The third-order valence-corrected chi connectivity index (χ3v) is 9.44. The molecule has 47 heavy (non-hydrogen) atoms. The molecular weight excluding hydrogens is 576 g/mol. The molecule has 0 atom stereocenters. The molecule has 10 rings (SSSR count). The fraction of sp³-hybridized carbons (Fsp3) is 0. The summed E-state index contributed by atoms with van der Waals surface area (Å²) in [5.41, 5.74) is 11.1. The molecule has 218 valence electrons. The van der Waals surface area contributed by atoms with Gasteiger partial charge < -0.3 is 13.4 Å². The third kappa shape index (κ3) is 3.75. The van der Waals surface area contributed by atoms with Gasteiger partial charge in [-0.3, -0.25) is 0 Å². The molecule has 0 bridgehead atoms. The van der Waals surface area contributed by atoms with Crippen molar-refractivity contribution in [1.29, 1.82) is 5.26 Å². The lowest BCUT2D eigenvalue weighted by molar-refractivity contribution is 0.656. The Bertz CT molecular complexity index is 2860. The zero-order valence-electron chi connectivity index (χ0n) is 25.1. The smallest absolute Gasteiger partial charge is 0.139 e. The zero-order valence-corrected chi connectivity index (χ0v) is 25.1. The maximum atomic E-state index is 10.4. The molecule has 0 N–H and O–H groups in total. The van der Waals surface area contributed by atoms with Crippen molar-refractivity contribution >= 4 is 65.7 Å². The molecule has 7 aromatic carbocycles. The summed E-state index contributed by atoms with van der Waals surface area (Å²) in [4.78, 5) is 0. The van der Waals surface area contributed by atoms with Crippen molar-refractivity contribution in [2.24, 2.45) is 0 Å². The first-order chi connectivity index (χ1) is 23.2. The van der Waals surface area contributed by atoms with Gasteiger partial charge in [-0.05, 0) is 71.3 Å². The average Bonchev–Trinajstić information content (AvgIpc) is 3.78. The van der Waals surface area contributed by atoms with E-state index < -0.39 is 0 Å². The number of nitrogens with zero attached hydrogens (tertiary/aromatic N) is 2. The van der Waals surface area contributed by atoms with Crippen molar-refractivity contribution in [1.82, 2.24) is 4.57 Å². The summed E-state index contributed by atoms with van der Waals surface area (Å²) in [6.07, 6.45) is 0. The van der Waals surface area contributed by atoms with Crippen LogP contribution in [0.2, 0.25) is 0 Å². The second-order valence-electron chi connectivity index (χ2n) is 12.0. The third-order valence-electron chi connectivity index (χ3n) is 9.44. The van der Waals surface area contributed by atoms with E-state index in [2.05, 4.69) is 120 Å². The van der Waals surface area contributed by atoms with Gasteiger partial charge in [0.1, 0.15) is 22.3 Å². The Labute approximate surface area is 268 Å². The second kappa shape index (κ2) is 9.71. The van der Waals surface area contributed by atoms with E-state index in [1.54, 1.807) is 0 Å². The minimum absolute atomic E-state index is 0.619. The number of fused-ring (bicyclic) bond motifs is 9. The number of aromatic nitrogens is 1. The van der Waals surface area contributed by atoms with E-state index in [1.807, 2.05) is 36.4 Å². The SMILES string of the molecule is N#Cc1cccc(-n2c3ccccc3c3ccccc32)c1-c1ccc2oc3cc4oc5ccc(-c6ccccc6)cc5c4cc3c2c1. The van der Waals surface area contributed by atoms with Crippen molar-refractivity contribution in [3.8, 4) is 34.0 Å². The molecule has 3 heterocycles. The highest BCUT2D eigenvalue weighted by atomic mass is 16.3. The first-order valence-electron chi connectivity index (χ1n) is 15.7. The van der Waals surface area contributed by atoms with Gasteiger partial charge in [0.25, 0.3) is 0 Å². The second-order valence-corrected chi connectivity index (χ2v) is 12.0. The Hall–Kier alpha value is -6.57.